The maximum atomic E-state index is 12.5. The minimum Gasteiger partial charge on any atom is -0.461 e. The van der Waals surface area contributed by atoms with Gasteiger partial charge in [0.2, 0.25) is 5.91 Å². The second-order valence-electron chi connectivity index (χ2n) is 10.9. The number of nitriles is 1. The molecule has 4 aromatic rings. The molecule has 2 saturated heterocycles. The number of hydrogen-bond donors (Lipinski definition) is 0. The molecule has 10 nitrogen and oxygen atoms in total. The number of ether oxygens (including phenoxy) is 1. The Morgan fingerprint density at radius 1 is 1.21 bits per heavy atom. The second kappa shape index (κ2) is 12.0. The van der Waals surface area contributed by atoms with E-state index in [0.29, 0.717) is 55.2 Å². The van der Waals surface area contributed by atoms with E-state index >= 15 is 0 Å². The van der Waals surface area contributed by atoms with E-state index in [2.05, 4.69) is 47.7 Å². The van der Waals surface area contributed by atoms with Crippen molar-refractivity contribution >= 4 is 39.7 Å². The van der Waals surface area contributed by atoms with E-state index in [-0.39, 0.29) is 24.4 Å². The first-order chi connectivity index (χ1) is 20.5. The number of likely N-dealkylation sites (N-methyl/N-ethyl adjacent to an activating group) is 1. The highest BCUT2D eigenvalue weighted by Gasteiger charge is 2.32. The number of likely N-dealkylation sites (tertiary alicyclic amines) is 1. The van der Waals surface area contributed by atoms with Gasteiger partial charge < -0.3 is 19.4 Å². The van der Waals surface area contributed by atoms with Gasteiger partial charge in [0, 0.05) is 42.5 Å². The molecule has 0 N–H and O–H groups in total. The number of rotatable bonds is 8. The highest BCUT2D eigenvalue weighted by molar-refractivity contribution is 6.35. The zero-order valence-corrected chi connectivity index (χ0v) is 24.4. The summed E-state index contributed by atoms with van der Waals surface area (Å²) in [4.78, 5) is 28.2. The fourth-order valence-corrected chi connectivity index (χ4v) is 6.40. The summed E-state index contributed by atoms with van der Waals surface area (Å²) in [6.45, 7) is 6.57. The number of aromatic nitrogens is 4. The van der Waals surface area contributed by atoms with Crippen LogP contribution in [0.15, 0.2) is 55.3 Å². The maximum absolute atomic E-state index is 12.5. The van der Waals surface area contributed by atoms with Crippen molar-refractivity contribution in [1.29, 1.82) is 5.26 Å². The second-order valence-corrected chi connectivity index (χ2v) is 11.3. The van der Waals surface area contributed by atoms with Gasteiger partial charge in [-0.2, -0.15) is 10.2 Å². The van der Waals surface area contributed by atoms with Crippen LogP contribution in [0, 0.1) is 11.3 Å². The molecular weight excluding hydrogens is 552 g/mol. The molecule has 0 unspecified atom stereocenters. The van der Waals surface area contributed by atoms with Crippen molar-refractivity contribution in [2.75, 3.05) is 44.7 Å². The lowest BCUT2D eigenvalue weighted by atomic mass is 10.0. The Bertz CT molecular complexity index is 1680. The Labute approximate surface area is 249 Å². The van der Waals surface area contributed by atoms with Crippen molar-refractivity contribution in [3.05, 3.63) is 71.5 Å². The summed E-state index contributed by atoms with van der Waals surface area (Å²) >= 11 is 6.64. The van der Waals surface area contributed by atoms with Crippen LogP contribution in [0.25, 0.3) is 16.4 Å². The standard InChI is InChI=1S/C31H33ClN8O2/c1-3-27(41)39-16-15-38(19-23(39)12-13-33)30-29-34-18-25(17-22-9-4-7-21-8-5-11-26(32)28(21)22)40(29)36-31(35-30)42-20-24-10-6-14-37(24)2/h3-5,7-9,11,18,23-24H,1,6,10,12,14-17,19-20H2,2H3/t23-,24-/m0/s1. The van der Waals surface area contributed by atoms with Crippen LogP contribution in [0.5, 0.6) is 6.01 Å². The van der Waals surface area contributed by atoms with Crippen LogP contribution in [-0.2, 0) is 11.2 Å². The summed E-state index contributed by atoms with van der Waals surface area (Å²) < 4.78 is 8.04. The fourth-order valence-electron chi connectivity index (χ4n) is 6.10. The summed E-state index contributed by atoms with van der Waals surface area (Å²) in [7, 11) is 2.11. The molecule has 2 fully saturated rings. The van der Waals surface area contributed by atoms with Crippen LogP contribution >= 0.6 is 11.6 Å². The third-order valence-electron chi connectivity index (χ3n) is 8.35. The van der Waals surface area contributed by atoms with Gasteiger partial charge in [-0.25, -0.2) is 9.50 Å². The Hall–Kier alpha value is -4.20. The molecule has 11 heteroatoms. The quantitative estimate of drug-likeness (QED) is 0.285. The Morgan fingerprint density at radius 3 is 2.81 bits per heavy atom. The molecule has 2 aromatic carbocycles. The minimum atomic E-state index is -0.298. The SMILES string of the molecule is C=CC(=O)N1CCN(c2nc(OC[C@@H]3CCCN3C)nn3c(Cc4cccc5cccc(Cl)c45)cnc23)C[C@@H]1CC#N. The van der Waals surface area contributed by atoms with E-state index in [1.165, 1.54) is 6.08 Å². The Morgan fingerprint density at radius 2 is 2.05 bits per heavy atom. The molecule has 2 aliphatic rings. The van der Waals surface area contributed by atoms with E-state index in [9.17, 15) is 10.1 Å². The van der Waals surface area contributed by atoms with E-state index < -0.39 is 0 Å². The van der Waals surface area contributed by atoms with Crippen LogP contribution in [-0.4, -0.2) is 87.2 Å². The predicted molar refractivity (Wildman–Crippen MR) is 162 cm³/mol. The highest BCUT2D eigenvalue weighted by atomic mass is 35.5. The van der Waals surface area contributed by atoms with E-state index in [0.717, 1.165) is 41.4 Å². The fraction of sp³-hybridized carbons (Fsp3) is 0.387. The zero-order chi connectivity index (χ0) is 29.2. The molecule has 1 amide bonds. The summed E-state index contributed by atoms with van der Waals surface area (Å²) in [5.41, 5.74) is 2.54. The molecule has 0 spiro atoms. The third kappa shape index (κ3) is 5.38. The molecule has 216 valence electrons. The molecule has 2 atom stereocenters. The van der Waals surface area contributed by atoms with Gasteiger partial charge >= 0.3 is 6.01 Å². The van der Waals surface area contributed by atoms with Gasteiger partial charge in [-0.3, -0.25) is 4.79 Å². The molecule has 2 aliphatic heterocycles. The molecule has 42 heavy (non-hydrogen) atoms. The number of carbonyl (C=O) groups is 1. The largest absolute Gasteiger partial charge is 0.461 e. The summed E-state index contributed by atoms with van der Waals surface area (Å²) in [6, 6.07) is 14.6. The number of carbonyl (C=O) groups excluding carboxylic acids is 1. The van der Waals surface area contributed by atoms with E-state index in [4.69, 9.17) is 31.4 Å². The van der Waals surface area contributed by atoms with Gasteiger partial charge in [0.05, 0.1) is 30.4 Å². The monoisotopic (exact) mass is 584 g/mol. The molecular formula is C31H33ClN8O2. The maximum Gasteiger partial charge on any atom is 0.336 e. The van der Waals surface area contributed by atoms with Gasteiger partial charge in [-0.15, -0.1) is 5.10 Å². The third-order valence-corrected chi connectivity index (χ3v) is 8.67. The summed E-state index contributed by atoms with van der Waals surface area (Å²) in [5.74, 6) is 0.444. The van der Waals surface area contributed by atoms with Crippen LogP contribution < -0.4 is 9.64 Å². The van der Waals surface area contributed by atoms with Crippen molar-refractivity contribution in [2.24, 2.45) is 0 Å². The number of halogens is 1. The average Bonchev–Trinajstić information content (AvgIpc) is 3.61. The van der Waals surface area contributed by atoms with Crippen LogP contribution in [0.3, 0.4) is 0 Å². The molecule has 0 aliphatic carbocycles. The van der Waals surface area contributed by atoms with Crippen molar-refractivity contribution in [1.82, 2.24) is 29.4 Å². The lowest BCUT2D eigenvalue weighted by molar-refractivity contribution is -0.128. The molecule has 4 heterocycles. The molecule has 6 rings (SSSR count). The molecule has 0 saturated carbocycles. The molecule has 2 aromatic heterocycles. The number of imidazole rings is 1. The van der Waals surface area contributed by atoms with Crippen molar-refractivity contribution < 1.29 is 9.53 Å². The smallest absolute Gasteiger partial charge is 0.336 e. The number of hydrogen-bond acceptors (Lipinski definition) is 8. The van der Waals surface area contributed by atoms with Crippen molar-refractivity contribution in [3.8, 4) is 12.1 Å². The number of fused-ring (bicyclic) bond motifs is 2. The van der Waals surface area contributed by atoms with Gasteiger partial charge in [0.25, 0.3) is 0 Å². The van der Waals surface area contributed by atoms with Gasteiger partial charge in [0.1, 0.15) is 6.61 Å². The van der Waals surface area contributed by atoms with E-state index in [1.807, 2.05) is 28.9 Å². The Balaban J connectivity index is 1.38. The number of nitrogens with zero attached hydrogens (tertiary/aromatic N) is 8. The first-order valence-corrected chi connectivity index (χ1v) is 14.6. The van der Waals surface area contributed by atoms with Crippen molar-refractivity contribution in [2.45, 2.75) is 37.8 Å². The first kappa shape index (κ1) is 27.9. The normalized spacial score (nSPS) is 19.4. The number of benzene rings is 2. The minimum absolute atomic E-state index is 0.177. The van der Waals surface area contributed by atoms with Crippen LogP contribution in [0.1, 0.15) is 30.5 Å². The Kier molecular flexibility index (Phi) is 7.96. The van der Waals surface area contributed by atoms with Gasteiger partial charge in [-0.05, 0) is 49.5 Å². The number of amides is 1. The zero-order valence-electron chi connectivity index (χ0n) is 23.6. The van der Waals surface area contributed by atoms with Crippen molar-refractivity contribution in [3.63, 3.8) is 0 Å². The van der Waals surface area contributed by atoms with E-state index in [1.54, 1.807) is 4.90 Å². The number of anilines is 1. The van der Waals surface area contributed by atoms with Crippen LogP contribution in [0.2, 0.25) is 5.02 Å². The topological polar surface area (TPSA) is 103 Å². The highest BCUT2D eigenvalue weighted by Crippen LogP contribution is 2.30. The van der Waals surface area contributed by atoms with Crippen LogP contribution in [0.4, 0.5) is 5.82 Å². The summed E-state index contributed by atoms with van der Waals surface area (Å²) in [6.07, 6.45) is 6.09. The average molecular weight is 585 g/mol. The lowest BCUT2D eigenvalue weighted by Gasteiger charge is -2.40. The predicted octanol–water partition coefficient (Wildman–Crippen LogP) is 4.11. The summed E-state index contributed by atoms with van der Waals surface area (Å²) in [5, 5.41) is 17.1. The van der Waals surface area contributed by atoms with Gasteiger partial charge in [0.15, 0.2) is 11.5 Å². The lowest BCUT2D eigenvalue weighted by Crippen LogP contribution is -2.55. The number of piperazine rings is 1. The first-order valence-electron chi connectivity index (χ1n) is 14.3. The molecule has 0 radical (unpaired) electrons. The van der Waals surface area contributed by atoms with Gasteiger partial charge in [-0.1, -0.05) is 48.5 Å². The molecule has 0 bridgehead atoms.